The maximum Gasteiger partial charge on any atom is 0.434 e. The minimum absolute atomic E-state index is 0.118. The van der Waals surface area contributed by atoms with Crippen molar-refractivity contribution < 1.29 is 14.3 Å². The van der Waals surface area contributed by atoms with Crippen LogP contribution >= 0.6 is 0 Å². The number of amides is 1. The topological polar surface area (TPSA) is 65.7 Å². The number of rotatable bonds is 9. The molecule has 0 atom stereocenters. The first-order chi connectivity index (χ1) is 12.7. The average Bonchev–Trinajstić information content (AvgIpc) is 2.67. The van der Waals surface area contributed by atoms with Crippen molar-refractivity contribution in [1.29, 1.82) is 0 Å². The van der Waals surface area contributed by atoms with E-state index in [-0.39, 0.29) is 6.61 Å². The van der Waals surface area contributed by atoms with Crippen LogP contribution in [0.2, 0.25) is 0 Å². The van der Waals surface area contributed by atoms with Gasteiger partial charge >= 0.3 is 6.09 Å². The molecule has 1 amide bonds. The SMILES string of the molecule is C=CCOC(=O)/N=c1/cnn(-c2ccccc2)c(OCCCCCC)c1. The zero-order chi connectivity index (χ0) is 18.6. The Bertz CT molecular complexity index is 769. The van der Waals surface area contributed by atoms with E-state index in [0.717, 1.165) is 18.5 Å². The fourth-order valence-electron chi connectivity index (χ4n) is 2.30. The van der Waals surface area contributed by atoms with E-state index in [0.29, 0.717) is 17.8 Å². The summed E-state index contributed by atoms with van der Waals surface area (Å²) in [5.74, 6) is 0.533. The van der Waals surface area contributed by atoms with E-state index in [1.165, 1.54) is 25.1 Å². The van der Waals surface area contributed by atoms with Crippen LogP contribution in [0, 0.1) is 0 Å². The van der Waals surface area contributed by atoms with E-state index in [1.807, 2.05) is 30.3 Å². The number of aromatic nitrogens is 2. The molecule has 6 nitrogen and oxygen atoms in total. The fraction of sp³-hybridized carbons (Fsp3) is 0.350. The predicted octanol–water partition coefficient (Wildman–Crippen LogP) is 4.05. The molecule has 1 aromatic heterocycles. The highest BCUT2D eigenvalue weighted by Crippen LogP contribution is 2.14. The number of hydrogen-bond acceptors (Lipinski definition) is 4. The molecule has 1 aromatic carbocycles. The van der Waals surface area contributed by atoms with Crippen molar-refractivity contribution in [2.24, 2.45) is 4.99 Å². The Hall–Kier alpha value is -2.89. The molecule has 6 heteroatoms. The molecule has 138 valence electrons. The van der Waals surface area contributed by atoms with Crippen molar-refractivity contribution >= 4 is 6.09 Å². The molecule has 0 aliphatic heterocycles. The number of benzene rings is 1. The second kappa shape index (κ2) is 10.9. The van der Waals surface area contributed by atoms with Gasteiger partial charge in [0.1, 0.15) is 6.61 Å². The van der Waals surface area contributed by atoms with Crippen molar-refractivity contribution in [1.82, 2.24) is 9.78 Å². The molecular formula is C20H25N3O3. The van der Waals surface area contributed by atoms with E-state index in [1.54, 1.807) is 10.7 Å². The van der Waals surface area contributed by atoms with Gasteiger partial charge in [0.2, 0.25) is 5.88 Å². The summed E-state index contributed by atoms with van der Waals surface area (Å²) in [5, 5.41) is 4.75. The highest BCUT2D eigenvalue weighted by molar-refractivity contribution is 5.68. The van der Waals surface area contributed by atoms with Gasteiger partial charge in [-0.25, -0.2) is 9.48 Å². The van der Waals surface area contributed by atoms with Crippen molar-refractivity contribution in [3.8, 4) is 11.6 Å². The van der Waals surface area contributed by atoms with E-state index in [4.69, 9.17) is 9.47 Å². The number of carbonyl (C=O) groups is 1. The third-order valence-corrected chi connectivity index (χ3v) is 3.58. The van der Waals surface area contributed by atoms with Gasteiger partial charge in [-0.1, -0.05) is 57.0 Å². The molecule has 26 heavy (non-hydrogen) atoms. The average molecular weight is 355 g/mol. The van der Waals surface area contributed by atoms with Gasteiger partial charge in [-0.05, 0) is 18.6 Å². The zero-order valence-corrected chi connectivity index (χ0v) is 15.1. The summed E-state index contributed by atoms with van der Waals surface area (Å²) in [7, 11) is 0. The third kappa shape index (κ3) is 6.20. The normalized spacial score (nSPS) is 11.2. The van der Waals surface area contributed by atoms with Gasteiger partial charge < -0.3 is 9.47 Å². The first-order valence-corrected chi connectivity index (χ1v) is 8.84. The standard InChI is InChI=1S/C20H25N3O3/c1-3-5-6-10-14-25-19-15-17(22-20(24)26-13-4-2)16-21-23(19)18-11-8-7-9-12-18/h4,7-9,11-12,15-16H,2-3,5-6,10,13-14H2,1H3/b22-17+. The lowest BCUT2D eigenvalue weighted by Crippen LogP contribution is -2.16. The molecule has 0 aliphatic rings. The molecule has 0 saturated heterocycles. The molecule has 2 rings (SSSR count). The van der Waals surface area contributed by atoms with Crippen LogP contribution in [-0.4, -0.2) is 29.1 Å². The second-order valence-corrected chi connectivity index (χ2v) is 5.69. The van der Waals surface area contributed by atoms with Gasteiger partial charge in [-0.3, -0.25) is 0 Å². The van der Waals surface area contributed by atoms with E-state index in [2.05, 4.69) is 23.6 Å². The van der Waals surface area contributed by atoms with Crippen molar-refractivity contribution in [3.05, 3.63) is 60.6 Å². The number of para-hydroxylation sites is 1. The second-order valence-electron chi connectivity index (χ2n) is 5.69. The highest BCUT2D eigenvalue weighted by atomic mass is 16.5. The van der Waals surface area contributed by atoms with Crippen molar-refractivity contribution in [2.45, 2.75) is 32.6 Å². The molecule has 2 aromatic rings. The lowest BCUT2D eigenvalue weighted by Gasteiger charge is -2.13. The Morgan fingerprint density at radius 1 is 1.27 bits per heavy atom. The highest BCUT2D eigenvalue weighted by Gasteiger charge is 2.06. The Morgan fingerprint density at radius 2 is 2.08 bits per heavy atom. The predicted molar refractivity (Wildman–Crippen MR) is 100 cm³/mol. The minimum atomic E-state index is -0.682. The summed E-state index contributed by atoms with van der Waals surface area (Å²) in [4.78, 5) is 15.5. The summed E-state index contributed by atoms with van der Waals surface area (Å²) in [6.07, 6.45) is 6.76. The third-order valence-electron chi connectivity index (χ3n) is 3.58. The Labute approximate surface area is 153 Å². The first-order valence-electron chi connectivity index (χ1n) is 8.84. The number of unbranched alkanes of at least 4 members (excludes halogenated alkanes) is 3. The van der Waals surface area contributed by atoms with Crippen molar-refractivity contribution in [3.63, 3.8) is 0 Å². The zero-order valence-electron chi connectivity index (χ0n) is 15.1. The quantitative estimate of drug-likeness (QED) is 0.503. The van der Waals surface area contributed by atoms with Gasteiger partial charge in [0, 0.05) is 6.07 Å². The molecule has 0 spiro atoms. The van der Waals surface area contributed by atoms with Crippen LogP contribution in [0.3, 0.4) is 0 Å². The number of ether oxygens (including phenoxy) is 2. The maximum atomic E-state index is 11.7. The van der Waals surface area contributed by atoms with E-state index < -0.39 is 6.09 Å². The summed E-state index contributed by atoms with van der Waals surface area (Å²) >= 11 is 0. The van der Waals surface area contributed by atoms with E-state index in [9.17, 15) is 4.79 Å². The van der Waals surface area contributed by atoms with Crippen LogP contribution in [0.15, 0.2) is 60.2 Å². The lowest BCUT2D eigenvalue weighted by molar-refractivity contribution is 0.169. The fourth-order valence-corrected chi connectivity index (χ4v) is 2.30. The van der Waals surface area contributed by atoms with Gasteiger partial charge in [0.15, 0.2) is 0 Å². The summed E-state index contributed by atoms with van der Waals surface area (Å²) in [6.45, 7) is 6.37. The molecule has 0 radical (unpaired) electrons. The Balaban J connectivity index is 2.23. The van der Waals surface area contributed by atoms with Gasteiger partial charge in [-0.2, -0.15) is 10.1 Å². The molecule has 0 saturated carbocycles. The van der Waals surface area contributed by atoms with Crippen LogP contribution in [0.25, 0.3) is 5.69 Å². The summed E-state index contributed by atoms with van der Waals surface area (Å²) in [5.41, 5.74) is 0.872. The first kappa shape index (κ1) is 19.4. The van der Waals surface area contributed by atoms with Crippen LogP contribution < -0.4 is 10.1 Å². The summed E-state index contributed by atoms with van der Waals surface area (Å²) in [6, 6.07) is 11.4. The maximum absolute atomic E-state index is 11.7. The van der Waals surface area contributed by atoms with E-state index >= 15 is 0 Å². The number of hydrogen-bond donors (Lipinski definition) is 0. The Kier molecular flexibility index (Phi) is 8.12. The molecule has 0 unspecified atom stereocenters. The summed E-state index contributed by atoms with van der Waals surface area (Å²) < 4.78 is 12.5. The molecular weight excluding hydrogens is 330 g/mol. The van der Waals surface area contributed by atoms with Crippen LogP contribution in [0.5, 0.6) is 5.88 Å². The van der Waals surface area contributed by atoms with Gasteiger partial charge in [0.25, 0.3) is 0 Å². The smallest absolute Gasteiger partial charge is 0.434 e. The lowest BCUT2D eigenvalue weighted by atomic mass is 10.2. The van der Waals surface area contributed by atoms with Crippen LogP contribution in [0.4, 0.5) is 4.79 Å². The molecule has 0 bridgehead atoms. The molecule has 1 heterocycles. The molecule has 0 fully saturated rings. The number of nitrogens with zero attached hydrogens (tertiary/aromatic N) is 3. The molecule has 0 N–H and O–H groups in total. The minimum Gasteiger partial charge on any atom is -0.478 e. The van der Waals surface area contributed by atoms with Gasteiger partial charge in [-0.15, -0.1) is 0 Å². The van der Waals surface area contributed by atoms with Crippen LogP contribution in [-0.2, 0) is 4.74 Å². The van der Waals surface area contributed by atoms with Crippen molar-refractivity contribution in [2.75, 3.05) is 13.2 Å². The largest absolute Gasteiger partial charge is 0.478 e. The van der Waals surface area contributed by atoms with Gasteiger partial charge in [0.05, 0.1) is 23.8 Å². The monoisotopic (exact) mass is 355 g/mol. The number of carbonyl (C=O) groups excluding carboxylic acids is 1. The van der Waals surface area contributed by atoms with Crippen LogP contribution in [0.1, 0.15) is 32.6 Å². The molecule has 0 aliphatic carbocycles. The Morgan fingerprint density at radius 3 is 2.81 bits per heavy atom.